The quantitative estimate of drug-likeness (QED) is 0.261. The third-order valence-electron chi connectivity index (χ3n) is 1.75. The minimum atomic E-state index is -0.585. The van der Waals surface area contributed by atoms with Crippen LogP contribution in [0.2, 0.25) is 0 Å². The molecule has 4 heteroatoms. The van der Waals surface area contributed by atoms with E-state index in [0.29, 0.717) is 13.1 Å². The number of hydrogen-bond donors (Lipinski definition) is 4. The minimum absolute atomic E-state index is 0.116. The van der Waals surface area contributed by atoms with Crippen LogP contribution in [-0.4, -0.2) is 23.6 Å². The number of thiol groups is 1. The van der Waals surface area contributed by atoms with Gasteiger partial charge in [-0.3, -0.25) is 0 Å². The molecule has 0 aromatic rings. The van der Waals surface area contributed by atoms with Crippen LogP contribution in [-0.2, 0) is 0 Å². The molecule has 0 saturated heterocycles. The van der Waals surface area contributed by atoms with E-state index in [0.717, 1.165) is 19.3 Å². The Morgan fingerprint density at radius 2 is 1.91 bits per heavy atom. The lowest BCUT2D eigenvalue weighted by Crippen LogP contribution is -2.23. The number of aliphatic hydroxyl groups is 1. The third kappa shape index (κ3) is 5.49. The molecule has 0 spiro atoms. The van der Waals surface area contributed by atoms with E-state index in [1.165, 1.54) is 0 Å². The molecule has 0 heterocycles. The fourth-order valence-electron chi connectivity index (χ4n) is 0.940. The van der Waals surface area contributed by atoms with Crippen LogP contribution in [0.5, 0.6) is 0 Å². The van der Waals surface area contributed by atoms with Crippen molar-refractivity contribution in [2.24, 2.45) is 17.4 Å². The average molecular weight is 178 g/mol. The van der Waals surface area contributed by atoms with Gasteiger partial charge in [-0.05, 0) is 25.9 Å². The predicted octanol–water partition coefficient (Wildman–Crippen LogP) is -0.0615. The van der Waals surface area contributed by atoms with Gasteiger partial charge in [0, 0.05) is 5.92 Å². The highest BCUT2D eigenvalue weighted by Gasteiger charge is 2.12. The summed E-state index contributed by atoms with van der Waals surface area (Å²) in [6.45, 7) is 1.20. The number of aliphatic hydroxyl groups excluding tert-OH is 1. The highest BCUT2D eigenvalue weighted by Crippen LogP contribution is 2.13. The lowest BCUT2D eigenvalue weighted by Gasteiger charge is -2.16. The third-order valence-corrected chi connectivity index (χ3v) is 2.18. The van der Waals surface area contributed by atoms with Gasteiger partial charge in [0.25, 0.3) is 0 Å². The summed E-state index contributed by atoms with van der Waals surface area (Å²) in [5.74, 6) is 0.116. The van der Waals surface area contributed by atoms with Gasteiger partial charge >= 0.3 is 0 Å². The molecule has 0 aromatic heterocycles. The summed E-state index contributed by atoms with van der Waals surface area (Å²) >= 11 is 3.92. The van der Waals surface area contributed by atoms with Crippen molar-refractivity contribution >= 4 is 12.6 Å². The summed E-state index contributed by atoms with van der Waals surface area (Å²) in [6.07, 6.45) is 2.94. The van der Waals surface area contributed by atoms with Crippen LogP contribution in [0.1, 0.15) is 19.3 Å². The van der Waals surface area contributed by atoms with Crippen molar-refractivity contribution in [3.8, 4) is 0 Å². The number of unbranched alkanes of at least 4 members (excludes halogenated alkanes) is 1. The highest BCUT2D eigenvalue weighted by atomic mass is 32.1. The molecule has 3 nitrogen and oxygen atoms in total. The summed E-state index contributed by atoms with van der Waals surface area (Å²) in [5, 5.41) is 9.06. The molecule has 0 aromatic carbocycles. The molecule has 68 valence electrons. The van der Waals surface area contributed by atoms with Gasteiger partial charge in [0.1, 0.15) is 5.44 Å². The van der Waals surface area contributed by atoms with Crippen LogP contribution < -0.4 is 11.5 Å². The molecule has 2 atom stereocenters. The van der Waals surface area contributed by atoms with Gasteiger partial charge < -0.3 is 16.6 Å². The first kappa shape index (κ1) is 11.2. The summed E-state index contributed by atoms with van der Waals surface area (Å²) in [6, 6.07) is 0. The Bertz CT molecular complexity index is 90.5. The van der Waals surface area contributed by atoms with Crippen LogP contribution in [0.25, 0.3) is 0 Å². The zero-order chi connectivity index (χ0) is 8.69. The molecule has 0 aliphatic carbocycles. The van der Waals surface area contributed by atoms with Crippen molar-refractivity contribution < 1.29 is 5.11 Å². The molecule has 0 amide bonds. The van der Waals surface area contributed by atoms with Gasteiger partial charge in [0.15, 0.2) is 0 Å². The van der Waals surface area contributed by atoms with Gasteiger partial charge in [0.2, 0.25) is 0 Å². The molecule has 1 unspecified atom stereocenters. The smallest absolute Gasteiger partial charge is 0.100 e. The van der Waals surface area contributed by atoms with Crippen molar-refractivity contribution in [3.63, 3.8) is 0 Å². The first-order valence-corrected chi connectivity index (χ1v) is 4.50. The lowest BCUT2D eigenvalue weighted by atomic mass is 10.0. The Morgan fingerprint density at radius 3 is 2.27 bits per heavy atom. The van der Waals surface area contributed by atoms with E-state index in [2.05, 4.69) is 12.6 Å². The van der Waals surface area contributed by atoms with E-state index >= 15 is 0 Å². The van der Waals surface area contributed by atoms with Gasteiger partial charge in [-0.25, -0.2) is 0 Å². The van der Waals surface area contributed by atoms with Crippen LogP contribution in [0, 0.1) is 5.92 Å². The van der Waals surface area contributed by atoms with Crippen LogP contribution in [0.3, 0.4) is 0 Å². The van der Waals surface area contributed by atoms with Gasteiger partial charge in [0.05, 0.1) is 0 Å². The maximum atomic E-state index is 9.06. The normalized spacial score (nSPS) is 16.4. The second-order valence-corrected chi connectivity index (χ2v) is 3.22. The first-order valence-electron chi connectivity index (χ1n) is 3.98. The zero-order valence-electron chi connectivity index (χ0n) is 6.74. The van der Waals surface area contributed by atoms with Crippen LogP contribution >= 0.6 is 12.6 Å². The number of rotatable bonds is 6. The molecule has 0 saturated carbocycles. The van der Waals surface area contributed by atoms with Crippen LogP contribution in [0.15, 0.2) is 0 Å². The Hall–Kier alpha value is 0.230. The van der Waals surface area contributed by atoms with Crippen LogP contribution in [0.4, 0.5) is 0 Å². The fourth-order valence-corrected chi connectivity index (χ4v) is 1.21. The SMILES string of the molecule is NCCCC[C@H](CN)C(O)S. The van der Waals surface area contributed by atoms with Gasteiger partial charge in [-0.2, -0.15) is 0 Å². The van der Waals surface area contributed by atoms with E-state index in [1.807, 2.05) is 0 Å². The molecular formula is C7H18N2OS. The maximum Gasteiger partial charge on any atom is 0.100 e. The van der Waals surface area contributed by atoms with Crippen molar-refractivity contribution in [3.05, 3.63) is 0 Å². The molecule has 0 aliphatic rings. The second-order valence-electron chi connectivity index (χ2n) is 2.69. The molecule has 0 fully saturated rings. The molecule has 0 rings (SSSR count). The van der Waals surface area contributed by atoms with E-state index in [-0.39, 0.29) is 5.92 Å². The molecule has 5 N–H and O–H groups in total. The maximum absolute atomic E-state index is 9.06. The summed E-state index contributed by atoms with van der Waals surface area (Å²) in [4.78, 5) is 0. The Morgan fingerprint density at radius 1 is 1.27 bits per heavy atom. The van der Waals surface area contributed by atoms with Gasteiger partial charge in [-0.1, -0.05) is 6.42 Å². The van der Waals surface area contributed by atoms with E-state index in [9.17, 15) is 0 Å². The molecular weight excluding hydrogens is 160 g/mol. The van der Waals surface area contributed by atoms with Crippen molar-refractivity contribution in [2.45, 2.75) is 24.7 Å². The summed E-state index contributed by atoms with van der Waals surface area (Å²) in [5.41, 5.74) is 10.1. The number of nitrogens with two attached hydrogens (primary N) is 2. The summed E-state index contributed by atoms with van der Waals surface area (Å²) in [7, 11) is 0. The Labute approximate surface area is 73.6 Å². The lowest BCUT2D eigenvalue weighted by molar-refractivity contribution is 0.188. The topological polar surface area (TPSA) is 72.3 Å². The van der Waals surface area contributed by atoms with E-state index in [1.54, 1.807) is 0 Å². The molecule has 11 heavy (non-hydrogen) atoms. The largest absolute Gasteiger partial charge is 0.382 e. The summed E-state index contributed by atoms with van der Waals surface area (Å²) < 4.78 is 0. The Kier molecular flexibility index (Phi) is 7.06. The molecule has 0 aliphatic heterocycles. The van der Waals surface area contributed by atoms with E-state index in [4.69, 9.17) is 16.6 Å². The van der Waals surface area contributed by atoms with Crippen molar-refractivity contribution in [2.75, 3.05) is 13.1 Å². The first-order chi connectivity index (χ1) is 5.22. The van der Waals surface area contributed by atoms with Crippen molar-refractivity contribution in [1.82, 2.24) is 0 Å². The molecule has 0 radical (unpaired) electrons. The van der Waals surface area contributed by atoms with Crippen molar-refractivity contribution in [1.29, 1.82) is 0 Å². The second kappa shape index (κ2) is 6.91. The molecule has 0 bridgehead atoms. The number of hydrogen-bond acceptors (Lipinski definition) is 4. The monoisotopic (exact) mass is 178 g/mol. The minimum Gasteiger partial charge on any atom is -0.382 e. The average Bonchev–Trinajstić information content (AvgIpc) is 1.97. The zero-order valence-corrected chi connectivity index (χ0v) is 7.63. The standard InChI is InChI=1S/C7H18N2OS/c8-4-2-1-3-6(5-9)7(10)11/h6-7,10-11H,1-5,8-9H2/t6-,7?/m1/s1. The highest BCUT2D eigenvalue weighted by molar-refractivity contribution is 7.80. The predicted molar refractivity (Wildman–Crippen MR) is 50.4 cm³/mol. The Balaban J connectivity index is 3.36. The van der Waals surface area contributed by atoms with E-state index < -0.39 is 5.44 Å². The fraction of sp³-hybridized carbons (Fsp3) is 1.00. The van der Waals surface area contributed by atoms with Gasteiger partial charge in [-0.15, -0.1) is 12.6 Å².